The van der Waals surface area contributed by atoms with Crippen molar-refractivity contribution in [3.05, 3.63) is 29.0 Å². The standard InChI is InChI=1S/C12H19ClN2/c1-3-4-5-8-15(2)10-11-6-7-14-12(13)9-11/h6-7,9H,3-5,8,10H2,1-2H3. The summed E-state index contributed by atoms with van der Waals surface area (Å²) in [5, 5.41) is 0.578. The highest BCUT2D eigenvalue weighted by molar-refractivity contribution is 6.29. The van der Waals surface area contributed by atoms with E-state index in [9.17, 15) is 0 Å². The Morgan fingerprint density at radius 1 is 1.40 bits per heavy atom. The van der Waals surface area contributed by atoms with E-state index in [0.717, 1.165) is 13.1 Å². The van der Waals surface area contributed by atoms with E-state index < -0.39 is 0 Å². The average molecular weight is 227 g/mol. The Morgan fingerprint density at radius 2 is 2.20 bits per heavy atom. The first-order valence-electron chi connectivity index (χ1n) is 5.51. The van der Waals surface area contributed by atoms with Gasteiger partial charge in [0, 0.05) is 12.7 Å². The summed E-state index contributed by atoms with van der Waals surface area (Å²) in [5.41, 5.74) is 1.23. The molecule has 0 unspecified atom stereocenters. The topological polar surface area (TPSA) is 16.1 Å². The van der Waals surface area contributed by atoms with Crippen LogP contribution >= 0.6 is 11.6 Å². The molecule has 1 rings (SSSR count). The summed E-state index contributed by atoms with van der Waals surface area (Å²) in [6.45, 7) is 4.32. The molecule has 2 nitrogen and oxygen atoms in total. The molecule has 0 aliphatic carbocycles. The largest absolute Gasteiger partial charge is 0.302 e. The maximum atomic E-state index is 5.83. The molecule has 0 aliphatic rings. The second kappa shape index (κ2) is 6.81. The van der Waals surface area contributed by atoms with Gasteiger partial charge in [-0.15, -0.1) is 0 Å². The molecule has 0 spiro atoms. The monoisotopic (exact) mass is 226 g/mol. The zero-order valence-electron chi connectivity index (χ0n) is 9.54. The molecule has 0 amide bonds. The van der Waals surface area contributed by atoms with Crippen molar-refractivity contribution < 1.29 is 0 Å². The Hall–Kier alpha value is -0.600. The number of hydrogen-bond donors (Lipinski definition) is 0. The van der Waals surface area contributed by atoms with E-state index in [2.05, 4.69) is 23.9 Å². The number of pyridine rings is 1. The zero-order chi connectivity index (χ0) is 11.1. The van der Waals surface area contributed by atoms with Crippen LogP contribution in [0.25, 0.3) is 0 Å². The SMILES string of the molecule is CCCCCN(C)Cc1ccnc(Cl)c1. The smallest absolute Gasteiger partial charge is 0.129 e. The predicted octanol–water partition coefficient (Wildman–Crippen LogP) is 3.36. The molecule has 1 aromatic heterocycles. The highest BCUT2D eigenvalue weighted by Crippen LogP contribution is 2.09. The molecule has 0 radical (unpaired) electrons. The lowest BCUT2D eigenvalue weighted by molar-refractivity contribution is 0.318. The lowest BCUT2D eigenvalue weighted by Crippen LogP contribution is -2.19. The zero-order valence-corrected chi connectivity index (χ0v) is 10.3. The van der Waals surface area contributed by atoms with Crippen LogP contribution in [0.5, 0.6) is 0 Å². The number of aromatic nitrogens is 1. The van der Waals surface area contributed by atoms with Crippen molar-refractivity contribution in [1.29, 1.82) is 0 Å². The first-order valence-corrected chi connectivity index (χ1v) is 5.89. The molecular weight excluding hydrogens is 208 g/mol. The van der Waals surface area contributed by atoms with Crippen LogP contribution in [0.15, 0.2) is 18.3 Å². The van der Waals surface area contributed by atoms with Crippen molar-refractivity contribution in [3.63, 3.8) is 0 Å². The van der Waals surface area contributed by atoms with Gasteiger partial charge in [0.2, 0.25) is 0 Å². The van der Waals surface area contributed by atoms with E-state index in [1.165, 1.54) is 24.8 Å². The first-order chi connectivity index (χ1) is 7.22. The van der Waals surface area contributed by atoms with E-state index in [1.54, 1.807) is 6.20 Å². The minimum atomic E-state index is 0.578. The first kappa shape index (κ1) is 12.5. The van der Waals surface area contributed by atoms with E-state index in [4.69, 9.17) is 11.6 Å². The summed E-state index contributed by atoms with van der Waals surface area (Å²) >= 11 is 5.83. The van der Waals surface area contributed by atoms with Crippen molar-refractivity contribution in [1.82, 2.24) is 9.88 Å². The second-order valence-electron chi connectivity index (χ2n) is 3.93. The third-order valence-electron chi connectivity index (χ3n) is 2.39. The van der Waals surface area contributed by atoms with E-state index >= 15 is 0 Å². The van der Waals surface area contributed by atoms with E-state index in [1.807, 2.05) is 12.1 Å². The summed E-state index contributed by atoms with van der Waals surface area (Å²) < 4.78 is 0. The quantitative estimate of drug-likeness (QED) is 0.546. The molecule has 84 valence electrons. The van der Waals surface area contributed by atoms with Crippen LogP contribution in [0.2, 0.25) is 5.15 Å². The summed E-state index contributed by atoms with van der Waals surface area (Å²) in [6.07, 6.45) is 5.61. The second-order valence-corrected chi connectivity index (χ2v) is 4.32. The maximum Gasteiger partial charge on any atom is 0.129 e. The van der Waals surface area contributed by atoms with Gasteiger partial charge >= 0.3 is 0 Å². The van der Waals surface area contributed by atoms with Crippen molar-refractivity contribution in [2.45, 2.75) is 32.7 Å². The van der Waals surface area contributed by atoms with Gasteiger partial charge in [-0.3, -0.25) is 0 Å². The molecule has 3 heteroatoms. The highest BCUT2D eigenvalue weighted by atomic mass is 35.5. The molecule has 15 heavy (non-hydrogen) atoms. The molecule has 1 heterocycles. The lowest BCUT2D eigenvalue weighted by Gasteiger charge is -2.16. The van der Waals surface area contributed by atoms with Gasteiger partial charge < -0.3 is 4.90 Å². The summed E-state index contributed by atoms with van der Waals surface area (Å²) in [6, 6.07) is 3.94. The lowest BCUT2D eigenvalue weighted by atomic mass is 10.2. The van der Waals surface area contributed by atoms with Crippen LogP contribution < -0.4 is 0 Å². The Morgan fingerprint density at radius 3 is 2.87 bits per heavy atom. The minimum Gasteiger partial charge on any atom is -0.302 e. The molecule has 0 N–H and O–H groups in total. The van der Waals surface area contributed by atoms with Crippen LogP contribution in [-0.4, -0.2) is 23.5 Å². The van der Waals surface area contributed by atoms with Gasteiger partial charge in [-0.2, -0.15) is 0 Å². The van der Waals surface area contributed by atoms with Gasteiger partial charge in [0.15, 0.2) is 0 Å². The molecule has 0 aliphatic heterocycles. The van der Waals surface area contributed by atoms with Gasteiger partial charge in [0.05, 0.1) is 0 Å². The fourth-order valence-electron chi connectivity index (χ4n) is 1.56. The summed E-state index contributed by atoms with van der Waals surface area (Å²) in [5.74, 6) is 0. The predicted molar refractivity (Wildman–Crippen MR) is 65.1 cm³/mol. The Balaban J connectivity index is 2.34. The van der Waals surface area contributed by atoms with Crippen LogP contribution in [0.4, 0.5) is 0 Å². The highest BCUT2D eigenvalue weighted by Gasteiger charge is 2.00. The number of nitrogens with zero attached hydrogens (tertiary/aromatic N) is 2. The molecule has 0 bridgehead atoms. The number of hydrogen-bond acceptors (Lipinski definition) is 2. The number of rotatable bonds is 6. The number of halogens is 1. The fourth-order valence-corrected chi connectivity index (χ4v) is 1.76. The van der Waals surface area contributed by atoms with Gasteiger partial charge in [-0.05, 0) is 37.7 Å². The Bertz CT molecular complexity index is 289. The number of unbranched alkanes of at least 4 members (excludes halogenated alkanes) is 2. The molecular formula is C12H19ClN2. The van der Waals surface area contributed by atoms with Crippen molar-refractivity contribution in [2.75, 3.05) is 13.6 Å². The van der Waals surface area contributed by atoms with Crippen molar-refractivity contribution in [2.24, 2.45) is 0 Å². The maximum absolute atomic E-state index is 5.83. The van der Waals surface area contributed by atoms with Gasteiger partial charge in [-0.25, -0.2) is 4.98 Å². The van der Waals surface area contributed by atoms with Crippen LogP contribution in [0.1, 0.15) is 31.7 Å². The third kappa shape index (κ3) is 5.14. The summed E-state index contributed by atoms with van der Waals surface area (Å²) in [7, 11) is 2.14. The van der Waals surface area contributed by atoms with Gasteiger partial charge in [0.25, 0.3) is 0 Å². The van der Waals surface area contributed by atoms with Crippen molar-refractivity contribution in [3.8, 4) is 0 Å². The molecule has 0 saturated carbocycles. The Kier molecular flexibility index (Phi) is 5.66. The molecule has 0 aromatic carbocycles. The van der Waals surface area contributed by atoms with Crippen molar-refractivity contribution >= 4 is 11.6 Å². The van der Waals surface area contributed by atoms with E-state index in [-0.39, 0.29) is 0 Å². The molecule has 0 atom stereocenters. The molecule has 0 fully saturated rings. The van der Waals surface area contributed by atoms with Crippen LogP contribution in [0, 0.1) is 0 Å². The average Bonchev–Trinajstić information content (AvgIpc) is 2.18. The normalized spacial score (nSPS) is 10.9. The Labute approximate surface area is 97.3 Å². The molecule has 1 aromatic rings. The van der Waals surface area contributed by atoms with Crippen LogP contribution in [-0.2, 0) is 6.54 Å². The third-order valence-corrected chi connectivity index (χ3v) is 2.59. The van der Waals surface area contributed by atoms with Gasteiger partial charge in [0.1, 0.15) is 5.15 Å². The van der Waals surface area contributed by atoms with Crippen LogP contribution in [0.3, 0.4) is 0 Å². The molecule has 0 saturated heterocycles. The van der Waals surface area contributed by atoms with Gasteiger partial charge in [-0.1, -0.05) is 31.4 Å². The fraction of sp³-hybridized carbons (Fsp3) is 0.583. The minimum absolute atomic E-state index is 0.578. The summed E-state index contributed by atoms with van der Waals surface area (Å²) in [4.78, 5) is 6.29. The van der Waals surface area contributed by atoms with E-state index in [0.29, 0.717) is 5.15 Å².